The summed E-state index contributed by atoms with van der Waals surface area (Å²) in [6, 6.07) is 0.151. The Labute approximate surface area is 139 Å². The molecule has 0 aromatic heterocycles. The fourth-order valence-corrected chi connectivity index (χ4v) is 4.02. The van der Waals surface area contributed by atoms with Crippen LogP contribution in [-0.2, 0) is 9.53 Å². The summed E-state index contributed by atoms with van der Waals surface area (Å²) < 4.78 is 5.34. The molecule has 1 amide bonds. The van der Waals surface area contributed by atoms with Crippen LogP contribution in [0.1, 0.15) is 32.1 Å². The van der Waals surface area contributed by atoms with Crippen molar-refractivity contribution in [3.63, 3.8) is 0 Å². The Balaban J connectivity index is 1.39. The standard InChI is InChI=1S/C17H31N3O3/c21-16-14-20(13-15(16)19-7-2-1-3-8-19)17(22)5-4-6-18-9-11-23-12-10-18/h15-16,21H,1-14H2/t15-,16-/m0/s1. The second kappa shape index (κ2) is 8.42. The summed E-state index contributed by atoms with van der Waals surface area (Å²) in [7, 11) is 0. The fraction of sp³-hybridized carbons (Fsp3) is 0.941. The topological polar surface area (TPSA) is 56.3 Å². The number of hydrogen-bond acceptors (Lipinski definition) is 5. The number of aliphatic hydroxyl groups is 1. The number of hydrogen-bond donors (Lipinski definition) is 1. The van der Waals surface area contributed by atoms with Crippen molar-refractivity contribution in [2.45, 2.75) is 44.2 Å². The molecular weight excluding hydrogens is 294 g/mol. The van der Waals surface area contributed by atoms with Crippen LogP contribution in [-0.4, -0.2) is 96.9 Å². The lowest BCUT2D eigenvalue weighted by Crippen LogP contribution is -2.46. The number of carbonyl (C=O) groups is 1. The average Bonchev–Trinajstić information content (AvgIpc) is 2.98. The minimum atomic E-state index is -0.378. The van der Waals surface area contributed by atoms with E-state index in [2.05, 4.69) is 9.80 Å². The first-order valence-corrected chi connectivity index (χ1v) is 9.24. The molecule has 6 nitrogen and oxygen atoms in total. The number of amides is 1. The third-order valence-corrected chi connectivity index (χ3v) is 5.44. The number of β-amino-alcohol motifs (C(OH)–C–C–N with tert-alkyl or cyclic N) is 1. The minimum absolute atomic E-state index is 0.151. The summed E-state index contributed by atoms with van der Waals surface area (Å²) in [4.78, 5) is 19.0. The number of carbonyl (C=O) groups excluding carboxylic acids is 1. The molecule has 3 aliphatic heterocycles. The van der Waals surface area contributed by atoms with Crippen LogP contribution in [0.15, 0.2) is 0 Å². The number of rotatable bonds is 5. The number of morpholine rings is 1. The predicted octanol–water partition coefficient (Wildman–Crippen LogP) is 0.156. The Morgan fingerprint density at radius 1 is 1.04 bits per heavy atom. The van der Waals surface area contributed by atoms with Crippen molar-refractivity contribution in [3.8, 4) is 0 Å². The van der Waals surface area contributed by atoms with Crippen LogP contribution < -0.4 is 0 Å². The highest BCUT2D eigenvalue weighted by atomic mass is 16.5. The summed E-state index contributed by atoms with van der Waals surface area (Å²) >= 11 is 0. The second-order valence-electron chi connectivity index (χ2n) is 7.09. The van der Waals surface area contributed by atoms with Crippen molar-refractivity contribution < 1.29 is 14.6 Å². The third kappa shape index (κ3) is 4.66. The minimum Gasteiger partial charge on any atom is -0.390 e. The highest BCUT2D eigenvalue weighted by molar-refractivity contribution is 5.76. The first-order chi connectivity index (χ1) is 11.2. The monoisotopic (exact) mass is 325 g/mol. The first kappa shape index (κ1) is 17.1. The molecule has 1 N–H and O–H groups in total. The molecule has 0 aromatic carbocycles. The summed E-state index contributed by atoms with van der Waals surface area (Å²) in [5, 5.41) is 10.3. The van der Waals surface area contributed by atoms with Gasteiger partial charge in [0.1, 0.15) is 0 Å². The summed E-state index contributed by atoms with van der Waals surface area (Å²) in [6.45, 7) is 7.91. The molecule has 2 atom stereocenters. The van der Waals surface area contributed by atoms with Gasteiger partial charge in [-0.05, 0) is 38.9 Å². The van der Waals surface area contributed by atoms with Gasteiger partial charge in [0.05, 0.1) is 25.4 Å². The SMILES string of the molecule is O=C(CCCN1CCOCC1)N1C[C@H](O)[C@@H](N2CCCCC2)C1. The maximum atomic E-state index is 12.4. The number of aliphatic hydroxyl groups excluding tert-OH is 1. The third-order valence-electron chi connectivity index (χ3n) is 5.44. The maximum Gasteiger partial charge on any atom is 0.222 e. The second-order valence-corrected chi connectivity index (χ2v) is 7.09. The zero-order valence-electron chi connectivity index (χ0n) is 14.2. The van der Waals surface area contributed by atoms with E-state index >= 15 is 0 Å². The van der Waals surface area contributed by atoms with Crippen LogP contribution in [0.25, 0.3) is 0 Å². The van der Waals surface area contributed by atoms with E-state index in [4.69, 9.17) is 4.74 Å². The lowest BCUT2D eigenvalue weighted by atomic mass is 10.1. The molecule has 0 aliphatic carbocycles. The van der Waals surface area contributed by atoms with E-state index in [0.717, 1.165) is 52.4 Å². The fourth-order valence-electron chi connectivity index (χ4n) is 4.02. The lowest BCUT2D eigenvalue weighted by molar-refractivity contribution is -0.130. The van der Waals surface area contributed by atoms with Crippen molar-refractivity contribution >= 4 is 5.91 Å². The van der Waals surface area contributed by atoms with Crippen molar-refractivity contribution in [1.82, 2.24) is 14.7 Å². The van der Waals surface area contributed by atoms with Crippen LogP contribution in [0.5, 0.6) is 0 Å². The normalized spacial score (nSPS) is 30.7. The van der Waals surface area contributed by atoms with E-state index in [9.17, 15) is 9.90 Å². The van der Waals surface area contributed by atoms with Crippen LogP contribution in [0.2, 0.25) is 0 Å². The summed E-state index contributed by atoms with van der Waals surface area (Å²) in [5.74, 6) is 0.205. The first-order valence-electron chi connectivity index (χ1n) is 9.24. The van der Waals surface area contributed by atoms with Gasteiger partial charge in [-0.1, -0.05) is 6.42 Å². The molecule has 3 aliphatic rings. The largest absolute Gasteiger partial charge is 0.390 e. The van der Waals surface area contributed by atoms with Crippen LogP contribution in [0.4, 0.5) is 0 Å². The van der Waals surface area contributed by atoms with Crippen LogP contribution in [0.3, 0.4) is 0 Å². The van der Waals surface area contributed by atoms with E-state index in [0.29, 0.717) is 19.5 Å². The van der Waals surface area contributed by atoms with Gasteiger partial charge < -0.3 is 14.7 Å². The van der Waals surface area contributed by atoms with E-state index < -0.39 is 0 Å². The predicted molar refractivity (Wildman–Crippen MR) is 88.3 cm³/mol. The van der Waals surface area contributed by atoms with Gasteiger partial charge in [-0.15, -0.1) is 0 Å². The summed E-state index contributed by atoms with van der Waals surface area (Å²) in [5.41, 5.74) is 0. The molecule has 3 saturated heterocycles. The molecule has 3 rings (SSSR count). The molecule has 132 valence electrons. The molecule has 0 aromatic rings. The van der Waals surface area contributed by atoms with Gasteiger partial charge in [0.25, 0.3) is 0 Å². The average molecular weight is 325 g/mol. The van der Waals surface area contributed by atoms with Crippen molar-refractivity contribution in [2.24, 2.45) is 0 Å². The van der Waals surface area contributed by atoms with Crippen molar-refractivity contribution in [1.29, 1.82) is 0 Å². The lowest BCUT2D eigenvalue weighted by Gasteiger charge is -2.33. The molecule has 23 heavy (non-hydrogen) atoms. The Kier molecular flexibility index (Phi) is 6.28. The van der Waals surface area contributed by atoms with Crippen molar-refractivity contribution in [3.05, 3.63) is 0 Å². The molecule has 0 radical (unpaired) electrons. The highest BCUT2D eigenvalue weighted by Crippen LogP contribution is 2.21. The smallest absolute Gasteiger partial charge is 0.222 e. The Bertz CT molecular complexity index is 381. The molecule has 0 unspecified atom stereocenters. The van der Waals surface area contributed by atoms with Gasteiger partial charge in [0.2, 0.25) is 5.91 Å². The van der Waals surface area contributed by atoms with E-state index in [-0.39, 0.29) is 18.1 Å². The molecule has 3 fully saturated rings. The van der Waals surface area contributed by atoms with Gasteiger partial charge in [0.15, 0.2) is 0 Å². The Hall–Kier alpha value is -0.690. The molecular formula is C17H31N3O3. The van der Waals surface area contributed by atoms with E-state index in [1.165, 1.54) is 19.3 Å². The van der Waals surface area contributed by atoms with Gasteiger partial charge in [-0.2, -0.15) is 0 Å². The van der Waals surface area contributed by atoms with Crippen molar-refractivity contribution in [2.75, 3.05) is 59.0 Å². The number of piperidine rings is 1. The molecule has 6 heteroatoms. The molecule has 0 bridgehead atoms. The zero-order valence-corrected chi connectivity index (χ0v) is 14.2. The zero-order chi connectivity index (χ0) is 16.1. The summed E-state index contributed by atoms with van der Waals surface area (Å²) in [6.07, 6.45) is 4.85. The van der Waals surface area contributed by atoms with E-state index in [1.807, 2.05) is 4.90 Å². The highest BCUT2D eigenvalue weighted by Gasteiger charge is 2.37. The molecule has 0 saturated carbocycles. The Morgan fingerprint density at radius 3 is 2.52 bits per heavy atom. The Morgan fingerprint density at radius 2 is 1.78 bits per heavy atom. The van der Waals surface area contributed by atoms with Gasteiger partial charge >= 0.3 is 0 Å². The molecule has 3 heterocycles. The molecule has 0 spiro atoms. The van der Waals surface area contributed by atoms with Crippen LogP contribution >= 0.6 is 0 Å². The van der Waals surface area contributed by atoms with Crippen LogP contribution in [0, 0.1) is 0 Å². The number of nitrogens with zero attached hydrogens (tertiary/aromatic N) is 3. The van der Waals surface area contributed by atoms with E-state index in [1.54, 1.807) is 0 Å². The van der Waals surface area contributed by atoms with Gasteiger partial charge in [-0.25, -0.2) is 0 Å². The van der Waals surface area contributed by atoms with Gasteiger partial charge in [-0.3, -0.25) is 14.6 Å². The van der Waals surface area contributed by atoms with Gasteiger partial charge in [0, 0.05) is 32.6 Å². The number of likely N-dealkylation sites (tertiary alicyclic amines) is 2. The number of ether oxygens (including phenoxy) is 1. The quantitative estimate of drug-likeness (QED) is 0.780. The maximum absolute atomic E-state index is 12.4.